The van der Waals surface area contributed by atoms with E-state index in [2.05, 4.69) is 10.6 Å². The Balaban J connectivity index is 1.84. The Hall–Kier alpha value is -2.46. The molecule has 1 aromatic carbocycles. The van der Waals surface area contributed by atoms with Crippen molar-refractivity contribution < 1.29 is 33.0 Å². The summed E-state index contributed by atoms with van der Waals surface area (Å²) in [5.74, 6) is -1.37. The minimum atomic E-state index is -4.58. The Morgan fingerprint density at radius 1 is 1.29 bits per heavy atom. The number of amides is 2. The third-order valence-electron chi connectivity index (χ3n) is 5.61. The van der Waals surface area contributed by atoms with Gasteiger partial charge in [-0.15, -0.1) is 0 Å². The van der Waals surface area contributed by atoms with Gasteiger partial charge < -0.3 is 21.1 Å². The molecule has 0 saturated heterocycles. The first-order valence-corrected chi connectivity index (χ1v) is 10.1. The molecule has 1 aromatic rings. The molecule has 0 aromatic heterocycles. The number of hydrogen-bond acceptors (Lipinski definition) is 4. The Morgan fingerprint density at radius 2 is 1.94 bits per heavy atom. The second-order valence-electron chi connectivity index (χ2n) is 8.07. The monoisotopic (exact) mass is 442 g/mol. The summed E-state index contributed by atoms with van der Waals surface area (Å²) in [7, 11) is 0. The van der Waals surface area contributed by atoms with E-state index in [-0.39, 0.29) is 17.7 Å². The molecule has 0 bridgehead atoms. The summed E-state index contributed by atoms with van der Waals surface area (Å²) in [6.07, 6.45) is -3.07. The van der Waals surface area contributed by atoms with Gasteiger partial charge in [0.15, 0.2) is 0 Å². The molecule has 7 nitrogen and oxygen atoms in total. The molecule has 1 radical (unpaired) electrons. The van der Waals surface area contributed by atoms with Crippen LogP contribution >= 0.6 is 0 Å². The van der Waals surface area contributed by atoms with Crippen LogP contribution in [0, 0.1) is 10.8 Å². The molecule has 31 heavy (non-hydrogen) atoms. The predicted molar refractivity (Wildman–Crippen MR) is 106 cm³/mol. The van der Waals surface area contributed by atoms with Crippen LogP contribution in [0.1, 0.15) is 54.9 Å². The van der Waals surface area contributed by atoms with Gasteiger partial charge in [0, 0.05) is 29.2 Å². The smallest absolute Gasteiger partial charge is 0.393 e. The standard InChI is InChI=1S/C21H27F3N3O4/c1-13(9-17(25)20(12-28)7-5-16(29)6-8-20)27-18(30)11-26-19(31)14-3-2-4-15(10-14)21(22,23)24/h2-4,10,13,16,25,29H,5-9,11-12H2,1H3,(H,26,31)(H,27,30)/t13-,16?,20?/m1/s1. The molecule has 0 heterocycles. The lowest BCUT2D eigenvalue weighted by Gasteiger charge is -2.38. The van der Waals surface area contributed by atoms with Gasteiger partial charge in [-0.25, -0.2) is 5.11 Å². The fourth-order valence-corrected chi connectivity index (χ4v) is 3.69. The second-order valence-corrected chi connectivity index (χ2v) is 8.07. The zero-order valence-electron chi connectivity index (χ0n) is 17.2. The predicted octanol–water partition coefficient (Wildman–Crippen LogP) is 2.70. The molecular formula is C21H27F3N3O4. The van der Waals surface area contributed by atoms with Crippen LogP contribution < -0.4 is 10.6 Å². The minimum Gasteiger partial charge on any atom is -0.393 e. The van der Waals surface area contributed by atoms with E-state index >= 15 is 0 Å². The van der Waals surface area contributed by atoms with E-state index in [0.29, 0.717) is 31.7 Å². The molecule has 4 N–H and O–H groups in total. The molecule has 2 rings (SSSR count). The Kier molecular flexibility index (Phi) is 8.19. The summed E-state index contributed by atoms with van der Waals surface area (Å²) in [5.41, 5.74) is -1.75. The normalized spacial score (nSPS) is 22.5. The number of halogens is 3. The largest absolute Gasteiger partial charge is 0.416 e. The highest BCUT2D eigenvalue weighted by Crippen LogP contribution is 2.38. The van der Waals surface area contributed by atoms with Crippen LogP contribution in [0.2, 0.25) is 0 Å². The van der Waals surface area contributed by atoms with E-state index < -0.39 is 54.3 Å². The van der Waals surface area contributed by atoms with Crippen LogP contribution in [0.5, 0.6) is 0 Å². The molecule has 1 fully saturated rings. The van der Waals surface area contributed by atoms with Gasteiger partial charge in [0.2, 0.25) is 5.91 Å². The van der Waals surface area contributed by atoms with E-state index in [1.54, 1.807) is 6.92 Å². The summed E-state index contributed by atoms with van der Waals surface area (Å²) >= 11 is 0. The van der Waals surface area contributed by atoms with Crippen LogP contribution in [0.25, 0.3) is 0 Å². The van der Waals surface area contributed by atoms with Gasteiger partial charge in [0.1, 0.15) is 0 Å². The Bertz CT molecular complexity index is 805. The van der Waals surface area contributed by atoms with Gasteiger partial charge in [-0.1, -0.05) is 6.07 Å². The quantitative estimate of drug-likeness (QED) is 0.463. The van der Waals surface area contributed by atoms with E-state index in [1.807, 2.05) is 0 Å². The van der Waals surface area contributed by atoms with Gasteiger partial charge in [-0.05, 0) is 50.8 Å². The fraction of sp³-hybridized carbons (Fsp3) is 0.571. The number of carbonyl (C=O) groups is 2. The van der Waals surface area contributed by atoms with Crippen LogP contribution in [-0.4, -0.2) is 47.9 Å². The van der Waals surface area contributed by atoms with Crippen LogP contribution in [-0.2, 0) is 16.1 Å². The van der Waals surface area contributed by atoms with Crippen molar-refractivity contribution in [1.29, 1.82) is 5.41 Å². The first-order valence-electron chi connectivity index (χ1n) is 10.1. The Labute approximate surface area is 178 Å². The Morgan fingerprint density at radius 3 is 2.52 bits per heavy atom. The summed E-state index contributed by atoms with van der Waals surface area (Å²) in [6.45, 7) is 0.773. The highest BCUT2D eigenvalue weighted by molar-refractivity contribution is 5.96. The number of carbonyl (C=O) groups excluding carboxylic acids is 2. The molecule has 171 valence electrons. The van der Waals surface area contributed by atoms with Gasteiger partial charge in [-0.3, -0.25) is 9.59 Å². The maximum atomic E-state index is 12.8. The van der Waals surface area contributed by atoms with Crippen LogP contribution in [0.3, 0.4) is 0 Å². The SMILES string of the molecule is C[C@H](CC(=N)C1(C[O])CCC(O)CC1)NC(=O)CNC(=O)c1cccc(C(F)(F)F)c1. The number of nitrogens with one attached hydrogen (secondary N) is 3. The highest BCUT2D eigenvalue weighted by atomic mass is 19.4. The molecule has 1 atom stereocenters. The van der Waals surface area contributed by atoms with Gasteiger partial charge in [-0.2, -0.15) is 13.2 Å². The molecule has 2 amide bonds. The van der Waals surface area contributed by atoms with E-state index in [0.717, 1.165) is 12.1 Å². The average Bonchev–Trinajstić information content (AvgIpc) is 2.72. The summed E-state index contributed by atoms with van der Waals surface area (Å²) < 4.78 is 38.3. The maximum absolute atomic E-state index is 12.8. The van der Waals surface area contributed by atoms with Crippen molar-refractivity contribution >= 4 is 17.5 Å². The molecular weight excluding hydrogens is 415 g/mol. The minimum absolute atomic E-state index is 0.158. The lowest BCUT2D eigenvalue weighted by Crippen LogP contribution is -2.45. The number of rotatable bonds is 8. The number of aliphatic hydroxyl groups excluding tert-OH is 1. The summed E-state index contributed by atoms with van der Waals surface area (Å²) in [4.78, 5) is 24.2. The van der Waals surface area contributed by atoms with Gasteiger partial charge in [0.05, 0.1) is 24.8 Å². The van der Waals surface area contributed by atoms with Crippen LogP contribution in [0.15, 0.2) is 24.3 Å². The number of benzene rings is 1. The van der Waals surface area contributed by atoms with Crippen molar-refractivity contribution in [2.75, 3.05) is 13.2 Å². The topological polar surface area (TPSA) is 122 Å². The van der Waals surface area contributed by atoms with Gasteiger partial charge >= 0.3 is 6.18 Å². The van der Waals surface area contributed by atoms with Crippen molar-refractivity contribution in [3.05, 3.63) is 35.4 Å². The molecule has 0 unspecified atom stereocenters. The number of hydrogen-bond donors (Lipinski definition) is 4. The van der Waals surface area contributed by atoms with Crippen molar-refractivity contribution in [3.63, 3.8) is 0 Å². The van der Waals surface area contributed by atoms with E-state index in [9.17, 15) is 33.0 Å². The fourth-order valence-electron chi connectivity index (χ4n) is 3.69. The first kappa shape index (κ1) is 24.8. The highest BCUT2D eigenvalue weighted by Gasteiger charge is 2.39. The molecule has 1 saturated carbocycles. The van der Waals surface area contributed by atoms with E-state index in [4.69, 9.17) is 5.41 Å². The first-order chi connectivity index (χ1) is 14.5. The molecule has 0 aliphatic heterocycles. The molecule has 1 aliphatic carbocycles. The second kappa shape index (κ2) is 10.2. The maximum Gasteiger partial charge on any atom is 0.416 e. The number of aliphatic hydroxyl groups is 1. The lowest BCUT2D eigenvalue weighted by atomic mass is 9.69. The number of alkyl halides is 3. The molecule has 1 aliphatic rings. The average molecular weight is 442 g/mol. The lowest BCUT2D eigenvalue weighted by molar-refractivity contribution is -0.137. The zero-order valence-corrected chi connectivity index (χ0v) is 17.2. The van der Waals surface area contributed by atoms with Crippen molar-refractivity contribution in [2.45, 2.75) is 57.3 Å². The zero-order chi connectivity index (χ0) is 23.2. The third kappa shape index (κ3) is 6.76. The van der Waals surface area contributed by atoms with Crippen molar-refractivity contribution in [2.24, 2.45) is 5.41 Å². The van der Waals surface area contributed by atoms with Crippen LogP contribution in [0.4, 0.5) is 13.2 Å². The van der Waals surface area contributed by atoms with Crippen molar-refractivity contribution in [1.82, 2.24) is 10.6 Å². The van der Waals surface area contributed by atoms with E-state index in [1.165, 1.54) is 6.07 Å². The van der Waals surface area contributed by atoms with Gasteiger partial charge in [0.25, 0.3) is 5.91 Å². The summed E-state index contributed by atoms with van der Waals surface area (Å²) in [6, 6.07) is 3.42. The van der Waals surface area contributed by atoms with Crippen molar-refractivity contribution in [3.8, 4) is 0 Å². The summed E-state index contributed by atoms with van der Waals surface area (Å²) in [5, 5.41) is 34.6. The third-order valence-corrected chi connectivity index (χ3v) is 5.61. The molecule has 10 heteroatoms. The molecule has 0 spiro atoms.